The van der Waals surface area contributed by atoms with Gasteiger partial charge in [-0.2, -0.15) is 0 Å². The predicted octanol–water partition coefficient (Wildman–Crippen LogP) is 2.98. The number of β-amino-alcohol motifs (C(OH)–C–C–N with tert-alkyl or cyclic N) is 1. The van der Waals surface area contributed by atoms with E-state index in [1.54, 1.807) is 0 Å². The molecule has 1 heterocycles. The molecule has 0 spiro atoms. The fraction of sp³-hybridized carbons (Fsp3) is 0.455. The molecule has 0 amide bonds. The first-order chi connectivity index (χ1) is 12.6. The third-order valence-electron chi connectivity index (χ3n) is 4.73. The van der Waals surface area contributed by atoms with Gasteiger partial charge < -0.3 is 15.2 Å². The molecule has 0 radical (unpaired) electrons. The molecule has 1 aliphatic rings. The maximum atomic E-state index is 10.4. The highest BCUT2D eigenvalue weighted by atomic mass is 16.5. The molecule has 2 aromatic rings. The summed E-state index contributed by atoms with van der Waals surface area (Å²) in [6.45, 7) is 7.95. The Morgan fingerprint density at radius 3 is 2.73 bits per heavy atom. The number of aliphatic hydroxyl groups is 1. The van der Waals surface area contributed by atoms with Gasteiger partial charge in [-0.05, 0) is 35.2 Å². The molecule has 0 aliphatic carbocycles. The van der Waals surface area contributed by atoms with Crippen LogP contribution in [0.2, 0.25) is 0 Å². The van der Waals surface area contributed by atoms with Crippen molar-refractivity contribution in [1.29, 1.82) is 0 Å². The van der Waals surface area contributed by atoms with Crippen LogP contribution < -0.4 is 10.1 Å². The Bertz CT molecular complexity index is 702. The minimum absolute atomic E-state index is 0.319. The van der Waals surface area contributed by atoms with E-state index in [1.165, 1.54) is 16.7 Å². The molecule has 2 aromatic carbocycles. The quantitative estimate of drug-likeness (QED) is 0.765. The molecule has 1 unspecified atom stereocenters. The van der Waals surface area contributed by atoms with Crippen LogP contribution in [0.1, 0.15) is 30.5 Å². The fourth-order valence-electron chi connectivity index (χ4n) is 3.32. The van der Waals surface area contributed by atoms with Crippen LogP contribution in [0.4, 0.5) is 0 Å². The summed E-state index contributed by atoms with van der Waals surface area (Å²) in [6, 6.07) is 17.1. The van der Waals surface area contributed by atoms with Crippen molar-refractivity contribution in [3.05, 3.63) is 65.2 Å². The van der Waals surface area contributed by atoms with Crippen molar-refractivity contribution in [2.75, 3.05) is 19.7 Å². The lowest BCUT2D eigenvalue weighted by Crippen LogP contribution is -2.38. The second kappa shape index (κ2) is 9.17. The molecule has 0 fully saturated rings. The molecule has 1 atom stereocenters. The summed E-state index contributed by atoms with van der Waals surface area (Å²) in [7, 11) is 0. The lowest BCUT2D eigenvalue weighted by molar-refractivity contribution is 0.0637. The number of nitrogens with one attached hydrogen (secondary N) is 1. The molecule has 0 aromatic heterocycles. The van der Waals surface area contributed by atoms with Crippen LogP contribution in [-0.4, -0.2) is 41.8 Å². The second-order valence-corrected chi connectivity index (χ2v) is 7.40. The Labute approximate surface area is 156 Å². The van der Waals surface area contributed by atoms with Gasteiger partial charge in [0.1, 0.15) is 18.5 Å². The summed E-state index contributed by atoms with van der Waals surface area (Å²) in [5, 5.41) is 13.8. The van der Waals surface area contributed by atoms with Gasteiger partial charge >= 0.3 is 0 Å². The molecule has 0 saturated heterocycles. The van der Waals surface area contributed by atoms with E-state index in [9.17, 15) is 5.11 Å². The average molecular weight is 354 g/mol. The van der Waals surface area contributed by atoms with Gasteiger partial charge in [0.25, 0.3) is 0 Å². The van der Waals surface area contributed by atoms with E-state index in [0.717, 1.165) is 31.8 Å². The van der Waals surface area contributed by atoms with E-state index in [1.807, 2.05) is 18.2 Å². The van der Waals surface area contributed by atoms with Crippen LogP contribution in [0, 0.1) is 0 Å². The van der Waals surface area contributed by atoms with Crippen molar-refractivity contribution in [1.82, 2.24) is 10.2 Å². The molecule has 0 bridgehead atoms. The minimum atomic E-state index is -0.488. The first-order valence-electron chi connectivity index (χ1n) is 9.52. The number of nitrogens with zero attached hydrogens (tertiary/aromatic N) is 1. The van der Waals surface area contributed by atoms with Crippen molar-refractivity contribution in [3.63, 3.8) is 0 Å². The molecule has 1 aliphatic heterocycles. The molecular weight excluding hydrogens is 324 g/mol. The number of ether oxygens (including phenoxy) is 1. The monoisotopic (exact) mass is 354 g/mol. The average Bonchev–Trinajstić information content (AvgIpc) is 2.65. The Morgan fingerprint density at radius 2 is 1.92 bits per heavy atom. The van der Waals surface area contributed by atoms with Crippen LogP contribution in [0.25, 0.3) is 0 Å². The van der Waals surface area contributed by atoms with E-state index >= 15 is 0 Å². The van der Waals surface area contributed by atoms with Crippen molar-refractivity contribution in [2.24, 2.45) is 0 Å². The number of hydrogen-bond donors (Lipinski definition) is 2. The molecule has 4 nitrogen and oxygen atoms in total. The molecule has 0 saturated carbocycles. The van der Waals surface area contributed by atoms with Gasteiger partial charge in [-0.1, -0.05) is 50.2 Å². The zero-order chi connectivity index (χ0) is 18.4. The maximum Gasteiger partial charge on any atom is 0.119 e. The van der Waals surface area contributed by atoms with Crippen molar-refractivity contribution < 1.29 is 9.84 Å². The molecule has 26 heavy (non-hydrogen) atoms. The first kappa shape index (κ1) is 18.9. The lowest BCUT2D eigenvalue weighted by atomic mass is 10.00. The molecule has 140 valence electrons. The Hall–Kier alpha value is -1.88. The van der Waals surface area contributed by atoms with Crippen LogP contribution >= 0.6 is 0 Å². The predicted molar refractivity (Wildman–Crippen MR) is 105 cm³/mol. The summed E-state index contributed by atoms with van der Waals surface area (Å²) in [4.78, 5) is 2.30. The van der Waals surface area contributed by atoms with E-state index in [-0.39, 0.29) is 0 Å². The zero-order valence-electron chi connectivity index (χ0n) is 15.8. The smallest absolute Gasteiger partial charge is 0.119 e. The third-order valence-corrected chi connectivity index (χ3v) is 4.73. The van der Waals surface area contributed by atoms with Gasteiger partial charge in [-0.3, -0.25) is 4.90 Å². The first-order valence-corrected chi connectivity index (χ1v) is 9.52. The number of fused-ring (bicyclic) bond motifs is 1. The van der Waals surface area contributed by atoms with Gasteiger partial charge in [-0.15, -0.1) is 0 Å². The summed E-state index contributed by atoms with van der Waals surface area (Å²) in [5.74, 6) is 0.816. The summed E-state index contributed by atoms with van der Waals surface area (Å²) >= 11 is 0. The Balaban J connectivity index is 1.46. The summed E-state index contributed by atoms with van der Waals surface area (Å²) < 4.78 is 5.82. The van der Waals surface area contributed by atoms with Gasteiger partial charge in [0.05, 0.1) is 0 Å². The van der Waals surface area contributed by atoms with Gasteiger partial charge in [-0.25, -0.2) is 0 Å². The lowest BCUT2D eigenvalue weighted by Gasteiger charge is -2.30. The number of aliphatic hydroxyl groups excluding tert-OH is 1. The molecular formula is C22H30N2O2. The van der Waals surface area contributed by atoms with Crippen LogP contribution in [0.3, 0.4) is 0 Å². The number of hydrogen-bond acceptors (Lipinski definition) is 4. The highest BCUT2D eigenvalue weighted by Gasteiger charge is 2.18. The van der Waals surface area contributed by atoms with Gasteiger partial charge in [0.2, 0.25) is 0 Å². The standard InChI is InChI=1S/C22H30N2O2/c1-17(2)23-13-18-6-5-9-22(12-18)26-16-21(25)15-24-11-10-19-7-3-4-8-20(19)14-24/h3-9,12,17,21,23,25H,10-11,13-16H2,1-2H3. The SMILES string of the molecule is CC(C)NCc1cccc(OCC(O)CN2CCc3ccccc3C2)c1. The number of rotatable bonds is 8. The van der Waals surface area contributed by atoms with Crippen LogP contribution in [0.15, 0.2) is 48.5 Å². The Morgan fingerprint density at radius 1 is 1.12 bits per heavy atom. The topological polar surface area (TPSA) is 44.7 Å². The normalized spacial score (nSPS) is 15.7. The van der Waals surface area contributed by atoms with E-state index in [0.29, 0.717) is 19.2 Å². The highest BCUT2D eigenvalue weighted by molar-refractivity contribution is 5.29. The minimum Gasteiger partial charge on any atom is -0.491 e. The fourth-order valence-corrected chi connectivity index (χ4v) is 3.32. The van der Waals surface area contributed by atoms with Crippen LogP contribution in [-0.2, 0) is 19.5 Å². The van der Waals surface area contributed by atoms with E-state index < -0.39 is 6.10 Å². The summed E-state index contributed by atoms with van der Waals surface area (Å²) in [5.41, 5.74) is 4.00. The Kier molecular flexibility index (Phi) is 6.67. The van der Waals surface area contributed by atoms with Crippen molar-refractivity contribution >= 4 is 0 Å². The van der Waals surface area contributed by atoms with Crippen molar-refractivity contribution in [2.45, 2.75) is 45.5 Å². The third kappa shape index (κ3) is 5.56. The second-order valence-electron chi connectivity index (χ2n) is 7.40. The molecule has 3 rings (SSSR count). The van der Waals surface area contributed by atoms with Gasteiger partial charge in [0, 0.05) is 32.2 Å². The molecule has 4 heteroatoms. The van der Waals surface area contributed by atoms with Crippen LogP contribution in [0.5, 0.6) is 5.75 Å². The summed E-state index contributed by atoms with van der Waals surface area (Å²) in [6.07, 6.45) is 0.562. The van der Waals surface area contributed by atoms with Crippen molar-refractivity contribution in [3.8, 4) is 5.75 Å². The zero-order valence-corrected chi connectivity index (χ0v) is 15.8. The largest absolute Gasteiger partial charge is 0.491 e. The number of benzene rings is 2. The van der Waals surface area contributed by atoms with Gasteiger partial charge in [0.15, 0.2) is 0 Å². The maximum absolute atomic E-state index is 10.4. The van der Waals surface area contributed by atoms with E-state index in [4.69, 9.17) is 4.74 Å². The van der Waals surface area contributed by atoms with E-state index in [2.05, 4.69) is 54.4 Å². The highest BCUT2D eigenvalue weighted by Crippen LogP contribution is 2.19. The molecule has 2 N–H and O–H groups in total.